The minimum Gasteiger partial charge on any atom is -0.489 e. The molecule has 0 unspecified atom stereocenters. The number of pyridine rings is 2. The van der Waals surface area contributed by atoms with E-state index in [1.807, 2.05) is 36.7 Å². The molecule has 154 valence electrons. The van der Waals surface area contributed by atoms with Gasteiger partial charge in [-0.2, -0.15) is 0 Å². The first kappa shape index (κ1) is 18.9. The molecule has 0 spiro atoms. The molecule has 6 nitrogen and oxygen atoms in total. The van der Waals surface area contributed by atoms with Gasteiger partial charge in [0.25, 0.3) is 0 Å². The van der Waals surface area contributed by atoms with Crippen LogP contribution in [-0.2, 0) is 0 Å². The number of aromatic nitrogens is 2. The number of hydrogen-bond acceptors (Lipinski definition) is 6. The molecule has 2 aliphatic heterocycles. The predicted octanol–water partition coefficient (Wildman–Crippen LogP) is 3.17. The first-order valence-corrected chi connectivity index (χ1v) is 10.7. The van der Waals surface area contributed by atoms with E-state index in [-0.39, 0.29) is 0 Å². The van der Waals surface area contributed by atoms with E-state index in [1.54, 1.807) is 0 Å². The Morgan fingerprint density at radius 1 is 0.933 bits per heavy atom. The largest absolute Gasteiger partial charge is 0.489 e. The van der Waals surface area contributed by atoms with Crippen molar-refractivity contribution in [3.8, 4) is 5.75 Å². The third-order valence-electron chi connectivity index (χ3n) is 5.84. The van der Waals surface area contributed by atoms with Gasteiger partial charge in [0.05, 0.1) is 0 Å². The van der Waals surface area contributed by atoms with Crippen LogP contribution in [0.25, 0.3) is 16.6 Å². The van der Waals surface area contributed by atoms with Crippen molar-refractivity contribution in [2.75, 3.05) is 50.8 Å². The minimum absolute atomic E-state index is 0.637. The van der Waals surface area contributed by atoms with E-state index in [4.69, 9.17) is 4.74 Å². The van der Waals surface area contributed by atoms with E-state index in [1.165, 1.54) is 5.70 Å². The van der Waals surface area contributed by atoms with Crippen LogP contribution in [0.2, 0.25) is 0 Å². The van der Waals surface area contributed by atoms with Crippen LogP contribution in [0.3, 0.4) is 0 Å². The van der Waals surface area contributed by atoms with Crippen molar-refractivity contribution in [3.63, 3.8) is 0 Å². The lowest BCUT2D eigenvalue weighted by Gasteiger charge is -2.35. The summed E-state index contributed by atoms with van der Waals surface area (Å²) in [5.41, 5.74) is 3.35. The van der Waals surface area contributed by atoms with Gasteiger partial charge in [-0.25, -0.2) is 4.98 Å². The molecule has 0 bridgehead atoms. The number of rotatable bonds is 6. The van der Waals surface area contributed by atoms with Crippen molar-refractivity contribution in [2.24, 2.45) is 0 Å². The number of para-hydroxylation sites is 1. The van der Waals surface area contributed by atoms with Crippen molar-refractivity contribution in [1.82, 2.24) is 20.2 Å². The first-order chi connectivity index (χ1) is 14.9. The Hall–Kier alpha value is -3.12. The summed E-state index contributed by atoms with van der Waals surface area (Å²) in [5, 5.41) is 4.75. The van der Waals surface area contributed by atoms with E-state index < -0.39 is 0 Å². The quantitative estimate of drug-likeness (QED) is 0.641. The summed E-state index contributed by atoms with van der Waals surface area (Å²) in [4.78, 5) is 14.1. The average molecular weight is 402 g/mol. The first-order valence-electron chi connectivity index (χ1n) is 10.7. The number of nitrogens with one attached hydrogen (secondary N) is 1. The van der Waals surface area contributed by atoms with E-state index in [2.05, 4.69) is 49.4 Å². The summed E-state index contributed by atoms with van der Waals surface area (Å²) in [6, 6.07) is 14.3. The van der Waals surface area contributed by atoms with Crippen LogP contribution in [0.4, 0.5) is 5.82 Å². The lowest BCUT2D eigenvalue weighted by molar-refractivity contribution is 0.255. The Bertz CT molecular complexity index is 1040. The van der Waals surface area contributed by atoms with Gasteiger partial charge < -0.3 is 15.0 Å². The van der Waals surface area contributed by atoms with Gasteiger partial charge >= 0.3 is 0 Å². The molecule has 30 heavy (non-hydrogen) atoms. The topological polar surface area (TPSA) is 53.5 Å². The van der Waals surface area contributed by atoms with Crippen LogP contribution in [0.15, 0.2) is 60.9 Å². The van der Waals surface area contributed by atoms with Crippen molar-refractivity contribution in [1.29, 1.82) is 0 Å². The molecule has 2 aromatic heterocycles. The zero-order chi connectivity index (χ0) is 20.2. The second-order valence-corrected chi connectivity index (χ2v) is 7.74. The van der Waals surface area contributed by atoms with Crippen molar-refractivity contribution in [2.45, 2.75) is 6.42 Å². The minimum atomic E-state index is 0.637. The maximum Gasteiger partial charge on any atom is 0.155 e. The molecule has 4 heterocycles. The van der Waals surface area contributed by atoms with Crippen LogP contribution in [-0.4, -0.2) is 60.7 Å². The lowest BCUT2D eigenvalue weighted by atomic mass is 10.1. The van der Waals surface area contributed by atoms with E-state index >= 15 is 0 Å². The molecule has 0 radical (unpaired) electrons. The fourth-order valence-electron chi connectivity index (χ4n) is 4.24. The fourth-order valence-corrected chi connectivity index (χ4v) is 4.24. The molecule has 6 heteroatoms. The maximum absolute atomic E-state index is 5.69. The second kappa shape index (κ2) is 8.71. The van der Waals surface area contributed by atoms with Gasteiger partial charge in [-0.15, -0.1) is 0 Å². The Balaban J connectivity index is 1.10. The molecule has 1 aromatic carbocycles. The molecule has 1 saturated heterocycles. The predicted molar refractivity (Wildman–Crippen MR) is 121 cm³/mol. The molecule has 5 rings (SSSR count). The highest BCUT2D eigenvalue weighted by atomic mass is 16.5. The summed E-state index contributed by atoms with van der Waals surface area (Å²) in [6.45, 7) is 6.81. The molecule has 1 N–H and O–H groups in total. The number of fused-ring (bicyclic) bond motifs is 2. The Labute approximate surface area is 177 Å². The summed E-state index contributed by atoms with van der Waals surface area (Å²) in [5.74, 6) is 1.98. The Morgan fingerprint density at radius 3 is 2.77 bits per heavy atom. The monoisotopic (exact) mass is 401 g/mol. The van der Waals surface area contributed by atoms with Crippen molar-refractivity contribution < 1.29 is 4.74 Å². The summed E-state index contributed by atoms with van der Waals surface area (Å²) < 4.78 is 5.69. The third-order valence-corrected chi connectivity index (χ3v) is 5.84. The smallest absolute Gasteiger partial charge is 0.155 e. The third kappa shape index (κ3) is 3.96. The zero-order valence-corrected chi connectivity index (χ0v) is 17.1. The lowest BCUT2D eigenvalue weighted by Crippen LogP contribution is -2.47. The molecular formula is C24H27N5O. The molecule has 1 fully saturated rings. The second-order valence-electron chi connectivity index (χ2n) is 7.74. The Morgan fingerprint density at radius 2 is 1.83 bits per heavy atom. The Kier molecular flexibility index (Phi) is 5.48. The van der Waals surface area contributed by atoms with E-state index in [0.717, 1.165) is 73.7 Å². The zero-order valence-electron chi connectivity index (χ0n) is 17.1. The number of ether oxygens (including phenoxy) is 1. The van der Waals surface area contributed by atoms with Crippen molar-refractivity contribution >= 4 is 22.4 Å². The van der Waals surface area contributed by atoms with Gasteiger partial charge in [-0.05, 0) is 43.3 Å². The number of hydrogen-bond donors (Lipinski definition) is 1. The number of nitrogens with zero attached hydrogens (tertiary/aromatic N) is 4. The molecule has 2 aliphatic rings. The molecule has 0 saturated carbocycles. The van der Waals surface area contributed by atoms with Crippen LogP contribution < -0.4 is 15.0 Å². The van der Waals surface area contributed by atoms with Gasteiger partial charge in [-0.1, -0.05) is 18.2 Å². The number of anilines is 1. The van der Waals surface area contributed by atoms with Gasteiger partial charge in [0.2, 0.25) is 0 Å². The fraction of sp³-hybridized carbons (Fsp3) is 0.333. The molecule has 0 amide bonds. The van der Waals surface area contributed by atoms with E-state index in [9.17, 15) is 0 Å². The summed E-state index contributed by atoms with van der Waals surface area (Å²) in [6.07, 6.45) is 6.99. The molecule has 0 aliphatic carbocycles. The van der Waals surface area contributed by atoms with Crippen LogP contribution in [0, 0.1) is 0 Å². The molecule has 3 aromatic rings. The summed E-state index contributed by atoms with van der Waals surface area (Å²) >= 11 is 0. The van der Waals surface area contributed by atoms with Gasteiger partial charge in [0.1, 0.15) is 17.9 Å². The van der Waals surface area contributed by atoms with Gasteiger partial charge in [0.15, 0.2) is 5.82 Å². The maximum atomic E-state index is 5.69. The normalized spacial score (nSPS) is 16.7. The van der Waals surface area contributed by atoms with Crippen LogP contribution >= 0.6 is 0 Å². The molecule has 0 atom stereocenters. The van der Waals surface area contributed by atoms with Crippen LogP contribution in [0.5, 0.6) is 5.75 Å². The SMILES string of the molecule is C1=C(NCCCN2CCN(c3nccc4cccnc34)CC2)c2ccccc2OC1. The van der Waals surface area contributed by atoms with Crippen molar-refractivity contribution in [3.05, 3.63) is 66.5 Å². The van der Waals surface area contributed by atoms with E-state index in [0.29, 0.717) is 6.61 Å². The van der Waals surface area contributed by atoms with Gasteiger partial charge in [0, 0.05) is 61.8 Å². The highest BCUT2D eigenvalue weighted by Crippen LogP contribution is 2.27. The van der Waals surface area contributed by atoms with Gasteiger partial charge in [-0.3, -0.25) is 9.88 Å². The highest BCUT2D eigenvalue weighted by molar-refractivity contribution is 5.88. The number of piperazine rings is 1. The molecular weight excluding hydrogens is 374 g/mol. The standard InChI is InChI=1S/C24H27N5O/c1-2-7-22-20(6-1)21(9-18-30-22)25-11-4-13-28-14-16-29(17-15-28)24-23-19(8-12-27-24)5-3-10-26-23/h1-3,5-10,12,25H,4,11,13-18H2. The highest BCUT2D eigenvalue weighted by Gasteiger charge is 2.20. The average Bonchev–Trinajstić information content (AvgIpc) is 2.82. The summed E-state index contributed by atoms with van der Waals surface area (Å²) in [7, 11) is 0. The van der Waals surface area contributed by atoms with Crippen LogP contribution in [0.1, 0.15) is 12.0 Å². The number of benzene rings is 1.